The lowest BCUT2D eigenvalue weighted by atomic mass is 10.1. The molecular weight excluding hydrogens is 342 g/mol. The molecule has 0 aliphatic rings. The van der Waals surface area contributed by atoms with Crippen LogP contribution in [0.4, 0.5) is 0 Å². The Morgan fingerprint density at radius 2 is 2.08 bits per heavy atom. The van der Waals surface area contributed by atoms with E-state index in [9.17, 15) is 13.2 Å². The summed E-state index contributed by atoms with van der Waals surface area (Å²) >= 11 is 0. The van der Waals surface area contributed by atoms with Crippen LogP contribution in [-0.2, 0) is 14.8 Å². The summed E-state index contributed by atoms with van der Waals surface area (Å²) < 4.78 is 31.7. The summed E-state index contributed by atoms with van der Waals surface area (Å²) in [6, 6.07) is 9.29. The summed E-state index contributed by atoms with van der Waals surface area (Å²) in [6.07, 6.45) is 3.33. The van der Waals surface area contributed by atoms with Crippen molar-refractivity contribution in [2.45, 2.75) is 17.9 Å². The van der Waals surface area contributed by atoms with Gasteiger partial charge in [0.1, 0.15) is 0 Å². The molecule has 0 bridgehead atoms. The number of pyridine rings is 1. The van der Waals surface area contributed by atoms with Crippen LogP contribution in [0, 0.1) is 0 Å². The van der Waals surface area contributed by atoms with Crippen molar-refractivity contribution in [1.82, 2.24) is 15.0 Å². The van der Waals surface area contributed by atoms with E-state index in [1.807, 2.05) is 13.0 Å². The standard InChI is InChI=1S/C17H21N3O4S/c1-13(15-6-4-8-18-12-15)20-17(21)14-5-3-7-16(11-14)25(22,23)19-9-10-24-2/h3-8,11-13,19H,9-10H2,1-2H3,(H,20,21). The van der Waals surface area contributed by atoms with Crippen LogP contribution in [-0.4, -0.2) is 39.6 Å². The number of aromatic nitrogens is 1. The molecule has 0 spiro atoms. The van der Waals surface area contributed by atoms with Crippen LogP contribution in [0.25, 0.3) is 0 Å². The van der Waals surface area contributed by atoms with Gasteiger partial charge in [-0.15, -0.1) is 0 Å². The fourth-order valence-electron chi connectivity index (χ4n) is 2.16. The maximum atomic E-state index is 12.4. The first-order valence-electron chi connectivity index (χ1n) is 7.73. The maximum absolute atomic E-state index is 12.4. The SMILES string of the molecule is COCCNS(=O)(=O)c1cccc(C(=O)NC(C)c2cccnc2)c1. The Kier molecular flexibility index (Phi) is 6.63. The zero-order chi connectivity index (χ0) is 18.3. The van der Waals surface area contributed by atoms with Crippen LogP contribution < -0.4 is 10.0 Å². The molecule has 1 heterocycles. The van der Waals surface area contributed by atoms with Crippen molar-refractivity contribution in [2.75, 3.05) is 20.3 Å². The van der Waals surface area contributed by atoms with Gasteiger partial charge in [0, 0.05) is 31.6 Å². The number of carbonyl (C=O) groups is 1. The summed E-state index contributed by atoms with van der Waals surface area (Å²) in [7, 11) is -2.20. The number of rotatable bonds is 8. The minimum atomic E-state index is -3.69. The van der Waals surface area contributed by atoms with Gasteiger partial charge in [-0.3, -0.25) is 9.78 Å². The van der Waals surface area contributed by atoms with Crippen LogP contribution in [0.5, 0.6) is 0 Å². The molecule has 0 saturated carbocycles. The zero-order valence-electron chi connectivity index (χ0n) is 14.1. The van der Waals surface area contributed by atoms with Crippen molar-refractivity contribution in [3.8, 4) is 0 Å². The predicted octanol–water partition coefficient (Wildman–Crippen LogP) is 1.50. The predicted molar refractivity (Wildman–Crippen MR) is 93.6 cm³/mol. The van der Waals surface area contributed by atoms with E-state index in [2.05, 4.69) is 15.0 Å². The lowest BCUT2D eigenvalue weighted by molar-refractivity contribution is 0.0939. The van der Waals surface area contributed by atoms with Crippen LogP contribution in [0.1, 0.15) is 28.9 Å². The van der Waals surface area contributed by atoms with E-state index in [0.29, 0.717) is 0 Å². The summed E-state index contributed by atoms with van der Waals surface area (Å²) in [5.41, 5.74) is 1.13. The molecule has 2 N–H and O–H groups in total. The number of hydrogen-bond acceptors (Lipinski definition) is 5. The highest BCUT2D eigenvalue weighted by molar-refractivity contribution is 7.89. The van der Waals surface area contributed by atoms with Crippen molar-refractivity contribution in [1.29, 1.82) is 0 Å². The molecule has 1 unspecified atom stereocenters. The van der Waals surface area contributed by atoms with Gasteiger partial charge in [-0.05, 0) is 36.8 Å². The first-order chi connectivity index (χ1) is 11.9. The largest absolute Gasteiger partial charge is 0.383 e. The average Bonchev–Trinajstić information content (AvgIpc) is 2.62. The number of methoxy groups -OCH3 is 1. The molecule has 134 valence electrons. The number of carbonyl (C=O) groups excluding carboxylic acids is 1. The molecule has 1 aromatic heterocycles. The second-order valence-electron chi connectivity index (χ2n) is 5.40. The van der Waals surface area contributed by atoms with E-state index in [1.165, 1.54) is 25.3 Å². The Morgan fingerprint density at radius 3 is 2.76 bits per heavy atom. The molecule has 2 aromatic rings. The third kappa shape index (κ3) is 5.35. The van der Waals surface area contributed by atoms with E-state index in [-0.39, 0.29) is 35.6 Å². The van der Waals surface area contributed by atoms with Gasteiger partial charge in [-0.2, -0.15) is 0 Å². The molecule has 0 aliphatic carbocycles. The molecule has 0 fully saturated rings. The quantitative estimate of drug-likeness (QED) is 0.693. The van der Waals surface area contributed by atoms with Gasteiger partial charge < -0.3 is 10.1 Å². The number of ether oxygens (including phenoxy) is 1. The Labute approximate surface area is 147 Å². The summed E-state index contributed by atoms with van der Waals surface area (Å²) in [5.74, 6) is -0.356. The first kappa shape index (κ1) is 19.0. The van der Waals surface area contributed by atoms with Crippen LogP contribution in [0.2, 0.25) is 0 Å². The Hall–Kier alpha value is -2.29. The van der Waals surface area contributed by atoms with E-state index in [0.717, 1.165) is 5.56 Å². The highest BCUT2D eigenvalue weighted by atomic mass is 32.2. The third-order valence-electron chi connectivity index (χ3n) is 3.54. The molecule has 25 heavy (non-hydrogen) atoms. The number of benzene rings is 1. The van der Waals surface area contributed by atoms with Crippen molar-refractivity contribution in [2.24, 2.45) is 0 Å². The zero-order valence-corrected chi connectivity index (χ0v) is 14.9. The summed E-state index contributed by atoms with van der Waals surface area (Å²) in [6.45, 7) is 2.26. The van der Waals surface area contributed by atoms with Crippen LogP contribution in [0.3, 0.4) is 0 Å². The first-order valence-corrected chi connectivity index (χ1v) is 9.22. The second-order valence-corrected chi connectivity index (χ2v) is 7.17. The second kappa shape index (κ2) is 8.70. The maximum Gasteiger partial charge on any atom is 0.251 e. The lowest BCUT2D eigenvalue weighted by Gasteiger charge is -2.14. The van der Waals surface area contributed by atoms with Gasteiger partial charge in [0.25, 0.3) is 5.91 Å². The Balaban J connectivity index is 2.11. The van der Waals surface area contributed by atoms with Gasteiger partial charge in [0.05, 0.1) is 17.5 Å². The molecule has 2 rings (SSSR count). The van der Waals surface area contributed by atoms with Gasteiger partial charge >= 0.3 is 0 Å². The Morgan fingerprint density at radius 1 is 1.28 bits per heavy atom. The van der Waals surface area contributed by atoms with Crippen LogP contribution >= 0.6 is 0 Å². The number of nitrogens with zero attached hydrogens (tertiary/aromatic N) is 1. The molecule has 0 aliphatic heterocycles. The highest BCUT2D eigenvalue weighted by Gasteiger charge is 2.17. The van der Waals surface area contributed by atoms with Gasteiger partial charge in [-0.1, -0.05) is 12.1 Å². The molecule has 0 saturated heterocycles. The molecule has 0 radical (unpaired) electrons. The van der Waals surface area contributed by atoms with E-state index in [4.69, 9.17) is 4.74 Å². The molecule has 1 aromatic carbocycles. The van der Waals surface area contributed by atoms with Crippen molar-refractivity contribution >= 4 is 15.9 Å². The van der Waals surface area contributed by atoms with Gasteiger partial charge in [0.15, 0.2) is 0 Å². The van der Waals surface area contributed by atoms with E-state index >= 15 is 0 Å². The number of amides is 1. The molecule has 1 amide bonds. The number of nitrogens with one attached hydrogen (secondary N) is 2. The van der Waals surface area contributed by atoms with Crippen molar-refractivity contribution in [3.63, 3.8) is 0 Å². The highest BCUT2D eigenvalue weighted by Crippen LogP contribution is 2.14. The molecule has 7 nitrogen and oxygen atoms in total. The van der Waals surface area contributed by atoms with Crippen molar-refractivity contribution in [3.05, 3.63) is 59.9 Å². The average molecular weight is 363 g/mol. The number of hydrogen-bond donors (Lipinski definition) is 2. The topological polar surface area (TPSA) is 97.4 Å². The molecule has 8 heteroatoms. The minimum absolute atomic E-state index is 0.0327. The lowest BCUT2D eigenvalue weighted by Crippen LogP contribution is -2.29. The van der Waals surface area contributed by atoms with E-state index < -0.39 is 10.0 Å². The van der Waals surface area contributed by atoms with Crippen LogP contribution in [0.15, 0.2) is 53.7 Å². The fraction of sp³-hybridized carbons (Fsp3) is 0.294. The monoisotopic (exact) mass is 363 g/mol. The normalized spacial score (nSPS) is 12.6. The summed E-state index contributed by atoms with van der Waals surface area (Å²) in [5, 5.41) is 2.83. The number of sulfonamides is 1. The smallest absolute Gasteiger partial charge is 0.251 e. The van der Waals surface area contributed by atoms with Gasteiger partial charge in [-0.25, -0.2) is 13.1 Å². The van der Waals surface area contributed by atoms with E-state index in [1.54, 1.807) is 24.5 Å². The molecule has 1 atom stereocenters. The van der Waals surface area contributed by atoms with Gasteiger partial charge in [0.2, 0.25) is 10.0 Å². The Bertz CT molecular complexity index is 810. The van der Waals surface area contributed by atoms with Crippen molar-refractivity contribution < 1.29 is 17.9 Å². The minimum Gasteiger partial charge on any atom is -0.383 e. The fourth-order valence-corrected chi connectivity index (χ4v) is 3.22. The summed E-state index contributed by atoms with van der Waals surface area (Å²) in [4.78, 5) is 16.5. The third-order valence-corrected chi connectivity index (χ3v) is 5.00. The molecular formula is C17H21N3O4S.